The lowest BCUT2D eigenvalue weighted by atomic mass is 10.0. The van der Waals surface area contributed by atoms with Crippen LogP contribution in [0.3, 0.4) is 0 Å². The van der Waals surface area contributed by atoms with Crippen LogP contribution < -0.4 is 10.5 Å². The highest BCUT2D eigenvalue weighted by Crippen LogP contribution is 2.29. The summed E-state index contributed by atoms with van der Waals surface area (Å²) in [5.41, 5.74) is 8.61. The number of rotatable bonds is 6. The lowest BCUT2D eigenvalue weighted by molar-refractivity contribution is 0.169. The van der Waals surface area contributed by atoms with Crippen molar-refractivity contribution in [1.82, 2.24) is 0 Å². The van der Waals surface area contributed by atoms with Crippen LogP contribution in [0.25, 0.3) is 0 Å². The van der Waals surface area contributed by atoms with Gasteiger partial charge in [0.1, 0.15) is 11.9 Å². The fourth-order valence-corrected chi connectivity index (χ4v) is 2.76. The Balaban J connectivity index is 2.33. The van der Waals surface area contributed by atoms with E-state index < -0.39 is 0 Å². The zero-order valence-corrected chi connectivity index (χ0v) is 14.1. The summed E-state index contributed by atoms with van der Waals surface area (Å²) in [7, 11) is 0. The molecule has 2 aromatic carbocycles. The summed E-state index contributed by atoms with van der Waals surface area (Å²) in [6, 6.07) is 16.3. The van der Waals surface area contributed by atoms with E-state index in [-0.39, 0.29) is 12.1 Å². The van der Waals surface area contributed by atoms with E-state index in [1.165, 1.54) is 5.56 Å². The molecule has 0 aromatic heterocycles. The molecule has 0 radical (unpaired) electrons. The van der Waals surface area contributed by atoms with Gasteiger partial charge >= 0.3 is 0 Å². The molecule has 2 unspecified atom stereocenters. The number of hydrogen-bond donors (Lipinski definition) is 1. The lowest BCUT2D eigenvalue weighted by Gasteiger charge is -2.26. The Morgan fingerprint density at radius 2 is 1.86 bits per heavy atom. The van der Waals surface area contributed by atoms with E-state index in [1.807, 2.05) is 30.3 Å². The van der Waals surface area contributed by atoms with Crippen LogP contribution in [0.5, 0.6) is 5.75 Å². The minimum atomic E-state index is -0.139. The van der Waals surface area contributed by atoms with Crippen molar-refractivity contribution in [3.8, 4) is 5.75 Å². The molecule has 2 nitrogen and oxygen atoms in total. The first-order valence-electron chi connectivity index (χ1n) is 7.41. The zero-order valence-electron chi connectivity index (χ0n) is 12.6. The van der Waals surface area contributed by atoms with Crippen LogP contribution >= 0.6 is 15.9 Å². The molecular formula is C18H22BrNO. The highest BCUT2D eigenvalue weighted by molar-refractivity contribution is 9.10. The molecule has 2 atom stereocenters. The first kappa shape index (κ1) is 16.1. The Hall–Kier alpha value is -1.32. The molecule has 2 N–H and O–H groups in total. The molecule has 21 heavy (non-hydrogen) atoms. The maximum Gasteiger partial charge on any atom is 0.139 e. The third kappa shape index (κ3) is 4.08. The molecule has 0 saturated carbocycles. The summed E-state index contributed by atoms with van der Waals surface area (Å²) in [4.78, 5) is 0. The van der Waals surface area contributed by atoms with Crippen molar-refractivity contribution in [2.24, 2.45) is 5.73 Å². The second kappa shape index (κ2) is 7.62. The summed E-state index contributed by atoms with van der Waals surface area (Å²) < 4.78 is 7.33. The molecule has 0 aliphatic heterocycles. The maximum absolute atomic E-state index is 6.30. The number of benzene rings is 2. The van der Waals surface area contributed by atoms with Crippen molar-refractivity contribution in [3.63, 3.8) is 0 Å². The average molecular weight is 348 g/mol. The Bertz CT molecular complexity index is 585. The number of para-hydroxylation sites is 1. The summed E-state index contributed by atoms with van der Waals surface area (Å²) in [5.74, 6) is 0.925. The average Bonchev–Trinajstić information content (AvgIpc) is 2.52. The molecule has 112 valence electrons. The van der Waals surface area contributed by atoms with Gasteiger partial charge in [0.2, 0.25) is 0 Å². The highest BCUT2D eigenvalue weighted by atomic mass is 79.9. The fourth-order valence-electron chi connectivity index (χ4n) is 2.35. The normalized spacial score (nSPS) is 13.7. The monoisotopic (exact) mass is 347 g/mol. The molecule has 3 heteroatoms. The van der Waals surface area contributed by atoms with Crippen LogP contribution in [0.2, 0.25) is 0 Å². The molecule has 0 amide bonds. The van der Waals surface area contributed by atoms with Crippen molar-refractivity contribution >= 4 is 15.9 Å². The Labute approximate surface area is 135 Å². The SMILES string of the molecule is CCc1ccccc1OC(c1cccc(Br)c1)C(N)CC. The van der Waals surface area contributed by atoms with Gasteiger partial charge in [-0.25, -0.2) is 0 Å². The Kier molecular flexibility index (Phi) is 5.83. The van der Waals surface area contributed by atoms with Crippen LogP contribution in [0.15, 0.2) is 53.0 Å². The van der Waals surface area contributed by atoms with Crippen LogP contribution in [0, 0.1) is 0 Å². The van der Waals surface area contributed by atoms with Crippen LogP contribution in [-0.4, -0.2) is 6.04 Å². The summed E-state index contributed by atoms with van der Waals surface area (Å²) in [6.07, 6.45) is 1.67. The van der Waals surface area contributed by atoms with Crippen molar-refractivity contribution in [1.29, 1.82) is 0 Å². The fraction of sp³-hybridized carbons (Fsp3) is 0.333. The van der Waals surface area contributed by atoms with Crippen LogP contribution in [0.1, 0.15) is 37.5 Å². The minimum absolute atomic E-state index is 0.0378. The molecule has 0 aliphatic rings. The van der Waals surface area contributed by atoms with E-state index in [9.17, 15) is 0 Å². The molecule has 0 saturated heterocycles. The first-order valence-corrected chi connectivity index (χ1v) is 8.20. The van der Waals surface area contributed by atoms with E-state index in [0.29, 0.717) is 0 Å². The minimum Gasteiger partial charge on any atom is -0.484 e. The topological polar surface area (TPSA) is 35.2 Å². The molecule has 0 aliphatic carbocycles. The largest absolute Gasteiger partial charge is 0.484 e. The quantitative estimate of drug-likeness (QED) is 0.808. The number of nitrogens with two attached hydrogens (primary N) is 1. The second-order valence-corrected chi connectivity index (χ2v) is 6.04. The van der Waals surface area contributed by atoms with E-state index in [4.69, 9.17) is 10.5 Å². The molecule has 0 fully saturated rings. The van der Waals surface area contributed by atoms with Gasteiger partial charge in [0, 0.05) is 10.5 Å². The van der Waals surface area contributed by atoms with Gasteiger partial charge in [0.05, 0.1) is 0 Å². The van der Waals surface area contributed by atoms with E-state index in [2.05, 4.69) is 48.0 Å². The number of aryl methyl sites for hydroxylation is 1. The van der Waals surface area contributed by atoms with Gasteiger partial charge in [-0.1, -0.05) is 60.1 Å². The Morgan fingerprint density at radius 3 is 2.52 bits per heavy atom. The van der Waals surface area contributed by atoms with Gasteiger partial charge in [-0.15, -0.1) is 0 Å². The van der Waals surface area contributed by atoms with Gasteiger partial charge in [-0.05, 0) is 42.2 Å². The van der Waals surface area contributed by atoms with Gasteiger partial charge < -0.3 is 10.5 Å². The van der Waals surface area contributed by atoms with E-state index in [1.54, 1.807) is 0 Å². The number of hydrogen-bond acceptors (Lipinski definition) is 2. The lowest BCUT2D eigenvalue weighted by Crippen LogP contribution is -2.31. The van der Waals surface area contributed by atoms with Crippen molar-refractivity contribution in [3.05, 3.63) is 64.1 Å². The molecule has 2 rings (SSSR count). The summed E-state index contributed by atoms with van der Waals surface area (Å²) in [6.45, 7) is 4.22. The molecule has 0 spiro atoms. The van der Waals surface area contributed by atoms with Gasteiger partial charge in [-0.2, -0.15) is 0 Å². The third-order valence-corrected chi connectivity index (χ3v) is 4.14. The van der Waals surface area contributed by atoms with E-state index in [0.717, 1.165) is 28.6 Å². The molecule has 2 aromatic rings. The van der Waals surface area contributed by atoms with Gasteiger partial charge in [-0.3, -0.25) is 0 Å². The number of ether oxygens (including phenoxy) is 1. The van der Waals surface area contributed by atoms with Crippen molar-refractivity contribution < 1.29 is 4.74 Å². The first-order chi connectivity index (χ1) is 10.2. The zero-order chi connectivity index (χ0) is 15.2. The predicted octanol–water partition coefficient (Wildman–Crippen LogP) is 4.87. The van der Waals surface area contributed by atoms with Gasteiger partial charge in [0.25, 0.3) is 0 Å². The van der Waals surface area contributed by atoms with Crippen LogP contribution in [0.4, 0.5) is 0 Å². The van der Waals surface area contributed by atoms with E-state index >= 15 is 0 Å². The van der Waals surface area contributed by atoms with Crippen LogP contribution in [-0.2, 0) is 6.42 Å². The number of halogens is 1. The van der Waals surface area contributed by atoms with Crippen molar-refractivity contribution in [2.75, 3.05) is 0 Å². The summed E-state index contributed by atoms with van der Waals surface area (Å²) in [5, 5.41) is 0. The maximum atomic E-state index is 6.30. The third-order valence-electron chi connectivity index (χ3n) is 3.64. The Morgan fingerprint density at radius 1 is 1.10 bits per heavy atom. The summed E-state index contributed by atoms with van der Waals surface area (Å²) >= 11 is 3.52. The molecule has 0 bridgehead atoms. The van der Waals surface area contributed by atoms with Crippen molar-refractivity contribution in [2.45, 2.75) is 38.8 Å². The molecule has 0 heterocycles. The standard InChI is InChI=1S/C18H22BrNO/c1-3-13-8-5-6-11-17(13)21-18(16(20)4-2)14-9-7-10-15(19)12-14/h5-12,16,18H,3-4,20H2,1-2H3. The highest BCUT2D eigenvalue weighted by Gasteiger charge is 2.21. The predicted molar refractivity (Wildman–Crippen MR) is 91.6 cm³/mol. The van der Waals surface area contributed by atoms with Gasteiger partial charge in [0.15, 0.2) is 0 Å². The molecular weight excluding hydrogens is 326 g/mol. The smallest absolute Gasteiger partial charge is 0.139 e. The second-order valence-electron chi connectivity index (χ2n) is 5.13.